The molecule has 0 aliphatic heterocycles. The van der Waals surface area contributed by atoms with Crippen molar-refractivity contribution in [3.63, 3.8) is 0 Å². The minimum Gasteiger partial charge on any atom is -0.303 e. The lowest BCUT2D eigenvalue weighted by Crippen LogP contribution is -2.45. The number of hydrogen-bond donors (Lipinski definition) is 1. The summed E-state index contributed by atoms with van der Waals surface area (Å²) in [6.07, 6.45) is 1.59. The van der Waals surface area contributed by atoms with Gasteiger partial charge < -0.3 is 5.32 Å². The van der Waals surface area contributed by atoms with Crippen molar-refractivity contribution in [2.45, 2.75) is 58.1 Å². The van der Waals surface area contributed by atoms with Crippen LogP contribution >= 0.6 is 11.6 Å². The maximum absolute atomic E-state index is 6.11. The van der Waals surface area contributed by atoms with Gasteiger partial charge in [0, 0.05) is 17.0 Å². The average molecular weight is 245 g/mol. The van der Waals surface area contributed by atoms with Gasteiger partial charge in [0.15, 0.2) is 0 Å². The molecule has 16 heavy (non-hydrogen) atoms. The molecule has 1 N–H and O–H groups in total. The molecule has 0 aliphatic carbocycles. The summed E-state index contributed by atoms with van der Waals surface area (Å²) in [5.74, 6) is 0.945. The molecule has 0 fully saturated rings. The highest BCUT2D eigenvalue weighted by Gasteiger charge is 2.24. The molecule has 4 nitrogen and oxygen atoms in total. The van der Waals surface area contributed by atoms with Crippen molar-refractivity contribution in [3.05, 3.63) is 12.2 Å². The van der Waals surface area contributed by atoms with Crippen molar-refractivity contribution in [3.8, 4) is 0 Å². The first-order valence-corrected chi connectivity index (χ1v) is 6.05. The summed E-state index contributed by atoms with van der Waals surface area (Å²) in [5.41, 5.74) is -0.116. The highest BCUT2D eigenvalue weighted by molar-refractivity contribution is 6.21. The van der Waals surface area contributed by atoms with Crippen LogP contribution in [-0.2, 0) is 6.54 Å². The molecule has 0 bridgehead atoms. The van der Waals surface area contributed by atoms with E-state index in [-0.39, 0.29) is 10.9 Å². The molecular weight excluding hydrogens is 224 g/mol. The zero-order chi connectivity index (χ0) is 12.3. The minimum atomic E-state index is -0.116. The van der Waals surface area contributed by atoms with Crippen LogP contribution in [0.15, 0.2) is 6.33 Å². The predicted octanol–water partition coefficient (Wildman–Crippen LogP) is 2.35. The minimum absolute atomic E-state index is 0.0583. The summed E-state index contributed by atoms with van der Waals surface area (Å²) in [6, 6.07) is 0.329. The van der Waals surface area contributed by atoms with Gasteiger partial charge in [0.25, 0.3) is 0 Å². The maximum Gasteiger partial charge on any atom is 0.141 e. The van der Waals surface area contributed by atoms with E-state index in [4.69, 9.17) is 11.6 Å². The van der Waals surface area contributed by atoms with Gasteiger partial charge in [-0.3, -0.25) is 0 Å². The number of nitrogens with zero attached hydrogens (tertiary/aromatic N) is 3. The SMILES string of the molecule is CC(C)n1ncnc1CNC(C)(C)C(C)Cl. The monoisotopic (exact) mass is 244 g/mol. The van der Waals surface area contributed by atoms with Crippen molar-refractivity contribution in [2.75, 3.05) is 0 Å². The smallest absolute Gasteiger partial charge is 0.141 e. The average Bonchev–Trinajstić information content (AvgIpc) is 2.62. The van der Waals surface area contributed by atoms with Gasteiger partial charge in [-0.1, -0.05) is 0 Å². The number of halogens is 1. The standard InChI is InChI=1S/C11H21ClN4/c1-8(2)16-10(13-7-15-16)6-14-11(4,5)9(3)12/h7-9,14H,6H2,1-5H3. The molecule has 0 saturated heterocycles. The van der Waals surface area contributed by atoms with Crippen molar-refractivity contribution in [1.29, 1.82) is 0 Å². The van der Waals surface area contributed by atoms with Crippen molar-refractivity contribution in [1.82, 2.24) is 20.1 Å². The molecule has 0 amide bonds. The molecule has 0 aliphatic rings. The van der Waals surface area contributed by atoms with Gasteiger partial charge in [-0.2, -0.15) is 5.10 Å². The molecular formula is C11H21ClN4. The molecule has 5 heteroatoms. The largest absolute Gasteiger partial charge is 0.303 e. The topological polar surface area (TPSA) is 42.7 Å². The maximum atomic E-state index is 6.11. The van der Waals surface area contributed by atoms with Gasteiger partial charge in [-0.05, 0) is 34.6 Å². The molecule has 1 atom stereocenters. The Morgan fingerprint density at radius 3 is 2.56 bits per heavy atom. The van der Waals surface area contributed by atoms with Gasteiger partial charge in [0.05, 0.1) is 6.54 Å². The van der Waals surface area contributed by atoms with E-state index < -0.39 is 0 Å². The molecule has 0 radical (unpaired) electrons. The van der Waals surface area contributed by atoms with Gasteiger partial charge in [0.1, 0.15) is 12.2 Å². The van der Waals surface area contributed by atoms with Crippen LogP contribution in [0, 0.1) is 0 Å². The third kappa shape index (κ3) is 3.19. The second-order valence-corrected chi connectivity index (χ2v) is 5.56. The van der Waals surface area contributed by atoms with E-state index in [1.807, 2.05) is 11.6 Å². The first kappa shape index (κ1) is 13.5. The molecule has 0 spiro atoms. The molecule has 92 valence electrons. The van der Waals surface area contributed by atoms with Crippen LogP contribution in [0.1, 0.15) is 46.5 Å². The molecule has 1 heterocycles. The van der Waals surface area contributed by atoms with Crippen molar-refractivity contribution in [2.24, 2.45) is 0 Å². The van der Waals surface area contributed by atoms with Gasteiger partial charge in [-0.15, -0.1) is 11.6 Å². The van der Waals surface area contributed by atoms with E-state index in [0.717, 1.165) is 5.82 Å². The van der Waals surface area contributed by atoms with Crippen LogP contribution in [0.5, 0.6) is 0 Å². The fourth-order valence-electron chi connectivity index (χ4n) is 1.28. The zero-order valence-electron chi connectivity index (χ0n) is 10.7. The van der Waals surface area contributed by atoms with Crippen molar-refractivity contribution >= 4 is 11.6 Å². The Morgan fingerprint density at radius 2 is 2.06 bits per heavy atom. The highest BCUT2D eigenvalue weighted by atomic mass is 35.5. The molecule has 1 aromatic rings. The third-order valence-corrected chi connectivity index (χ3v) is 3.38. The Balaban J connectivity index is 2.64. The van der Waals surface area contributed by atoms with Gasteiger partial charge >= 0.3 is 0 Å². The molecule has 1 aromatic heterocycles. The van der Waals surface area contributed by atoms with E-state index in [1.165, 1.54) is 0 Å². The summed E-state index contributed by atoms with van der Waals surface area (Å²) >= 11 is 6.11. The summed E-state index contributed by atoms with van der Waals surface area (Å²) < 4.78 is 1.92. The summed E-state index contributed by atoms with van der Waals surface area (Å²) in [4.78, 5) is 4.25. The molecule has 1 unspecified atom stereocenters. The quantitative estimate of drug-likeness (QED) is 0.809. The Kier molecular flexibility index (Phi) is 4.33. The lowest BCUT2D eigenvalue weighted by molar-refractivity contribution is 0.365. The van der Waals surface area contributed by atoms with E-state index in [0.29, 0.717) is 12.6 Å². The van der Waals surface area contributed by atoms with Crippen LogP contribution in [0.2, 0.25) is 0 Å². The third-order valence-electron chi connectivity index (χ3n) is 2.83. The number of aromatic nitrogens is 3. The summed E-state index contributed by atoms with van der Waals surface area (Å²) in [7, 11) is 0. The first-order chi connectivity index (χ1) is 7.34. The van der Waals surface area contributed by atoms with Gasteiger partial charge in [0.2, 0.25) is 0 Å². The zero-order valence-corrected chi connectivity index (χ0v) is 11.4. The number of nitrogens with one attached hydrogen (secondary N) is 1. The highest BCUT2D eigenvalue weighted by Crippen LogP contribution is 2.15. The van der Waals surface area contributed by atoms with Crippen LogP contribution in [0.4, 0.5) is 0 Å². The van der Waals surface area contributed by atoms with Crippen molar-refractivity contribution < 1.29 is 0 Å². The van der Waals surface area contributed by atoms with Crippen LogP contribution in [0.25, 0.3) is 0 Å². The number of alkyl halides is 1. The Bertz CT molecular complexity index is 330. The number of rotatable bonds is 5. The lowest BCUT2D eigenvalue weighted by atomic mass is 10.0. The van der Waals surface area contributed by atoms with Crippen LogP contribution in [-0.4, -0.2) is 25.7 Å². The molecule has 0 aromatic carbocycles. The van der Waals surface area contributed by atoms with E-state index in [2.05, 4.69) is 43.1 Å². The fourth-order valence-corrected chi connectivity index (χ4v) is 1.36. The molecule has 1 rings (SSSR count). The van der Waals surface area contributed by atoms with Crippen LogP contribution in [0.3, 0.4) is 0 Å². The van der Waals surface area contributed by atoms with E-state index in [1.54, 1.807) is 6.33 Å². The predicted molar refractivity (Wildman–Crippen MR) is 66.6 cm³/mol. The summed E-state index contributed by atoms with van der Waals surface area (Å²) in [5, 5.41) is 7.65. The van der Waals surface area contributed by atoms with Gasteiger partial charge in [-0.25, -0.2) is 9.67 Å². The second-order valence-electron chi connectivity index (χ2n) is 4.91. The lowest BCUT2D eigenvalue weighted by Gasteiger charge is -2.29. The molecule has 0 saturated carbocycles. The summed E-state index contributed by atoms with van der Waals surface area (Å²) in [6.45, 7) is 11.0. The second kappa shape index (κ2) is 5.15. The fraction of sp³-hybridized carbons (Fsp3) is 0.818. The first-order valence-electron chi connectivity index (χ1n) is 5.62. The Morgan fingerprint density at radius 1 is 1.44 bits per heavy atom. The Labute approximate surface area is 102 Å². The van der Waals surface area contributed by atoms with E-state index >= 15 is 0 Å². The normalized spacial score (nSPS) is 14.4. The number of hydrogen-bond acceptors (Lipinski definition) is 3. The van der Waals surface area contributed by atoms with E-state index in [9.17, 15) is 0 Å². The Hall–Kier alpha value is -0.610. The van der Waals surface area contributed by atoms with Crippen LogP contribution < -0.4 is 5.32 Å².